The molecule has 19 heavy (non-hydrogen) atoms. The second-order valence-corrected chi connectivity index (χ2v) is 6.70. The van der Waals surface area contributed by atoms with E-state index in [4.69, 9.17) is 0 Å². The van der Waals surface area contributed by atoms with Crippen LogP contribution in [0.2, 0.25) is 0 Å². The molecule has 1 rings (SSSR count). The number of benzene rings is 1. The van der Waals surface area contributed by atoms with Crippen LogP contribution in [0.25, 0.3) is 0 Å². The maximum absolute atomic E-state index is 12.2. The van der Waals surface area contributed by atoms with Crippen LogP contribution in [-0.2, 0) is 16.8 Å². The number of hydrogen-bond donors (Lipinski definition) is 2. The number of nitrogens with one attached hydrogen (secondary N) is 1. The van der Waals surface area contributed by atoms with Crippen LogP contribution in [0.1, 0.15) is 25.8 Å². The van der Waals surface area contributed by atoms with Gasteiger partial charge in [0.05, 0.1) is 12.1 Å². The molecule has 0 heterocycles. The number of aliphatic hydroxyl groups is 1. The quantitative estimate of drug-likeness (QED) is 0.789. The van der Waals surface area contributed by atoms with Crippen molar-refractivity contribution in [3.05, 3.63) is 35.9 Å². The van der Waals surface area contributed by atoms with Gasteiger partial charge in [-0.3, -0.25) is 0 Å². The van der Waals surface area contributed by atoms with Crippen LogP contribution in [0.15, 0.2) is 30.3 Å². The normalized spacial score (nSPS) is 15.4. The van der Waals surface area contributed by atoms with Gasteiger partial charge in [-0.1, -0.05) is 37.3 Å². The molecule has 1 aromatic rings. The summed E-state index contributed by atoms with van der Waals surface area (Å²) >= 11 is 0. The Balaban J connectivity index is 2.77. The average molecular weight is 286 g/mol. The fraction of sp³-hybridized carbons (Fsp3) is 0.538. The highest BCUT2D eigenvalue weighted by Crippen LogP contribution is 2.13. The summed E-state index contributed by atoms with van der Waals surface area (Å²) in [6, 6.07) is 9.37. The van der Waals surface area contributed by atoms with E-state index in [9.17, 15) is 13.5 Å². The minimum Gasteiger partial charge on any atom is -0.394 e. The highest BCUT2D eigenvalue weighted by molar-refractivity contribution is 7.87. The van der Waals surface area contributed by atoms with Crippen molar-refractivity contribution in [3.8, 4) is 0 Å². The molecule has 0 amide bonds. The molecule has 5 nitrogen and oxygen atoms in total. The standard InChI is InChI=1S/C13H22N2O3S/c1-4-13(2,11-16)14-19(17,18)15(3)10-12-8-6-5-7-9-12/h5-9,14,16H,4,10-11H2,1-3H3. The van der Waals surface area contributed by atoms with Crippen molar-refractivity contribution >= 4 is 10.2 Å². The Hall–Kier alpha value is -0.950. The first-order chi connectivity index (χ1) is 8.83. The lowest BCUT2D eigenvalue weighted by atomic mass is 10.0. The molecule has 0 saturated heterocycles. The molecule has 0 fully saturated rings. The number of hydrogen-bond acceptors (Lipinski definition) is 3. The minimum atomic E-state index is -3.62. The summed E-state index contributed by atoms with van der Waals surface area (Å²) in [7, 11) is -2.10. The van der Waals surface area contributed by atoms with Crippen molar-refractivity contribution in [2.45, 2.75) is 32.4 Å². The number of nitrogens with zero attached hydrogens (tertiary/aromatic N) is 1. The van der Waals surface area contributed by atoms with Crippen LogP contribution in [-0.4, -0.2) is 37.0 Å². The van der Waals surface area contributed by atoms with Crippen molar-refractivity contribution in [2.75, 3.05) is 13.7 Å². The van der Waals surface area contributed by atoms with Gasteiger partial charge < -0.3 is 5.11 Å². The lowest BCUT2D eigenvalue weighted by molar-refractivity contribution is 0.188. The summed E-state index contributed by atoms with van der Waals surface area (Å²) < 4.78 is 28.1. The molecule has 0 radical (unpaired) electrons. The highest BCUT2D eigenvalue weighted by atomic mass is 32.2. The molecule has 0 aliphatic carbocycles. The summed E-state index contributed by atoms with van der Waals surface area (Å²) in [4.78, 5) is 0. The molecule has 6 heteroatoms. The van der Waals surface area contributed by atoms with Crippen molar-refractivity contribution in [1.29, 1.82) is 0 Å². The molecule has 1 aromatic carbocycles. The van der Waals surface area contributed by atoms with Crippen LogP contribution in [0.3, 0.4) is 0 Å². The number of rotatable bonds is 7. The van der Waals surface area contributed by atoms with Crippen molar-refractivity contribution < 1.29 is 13.5 Å². The van der Waals surface area contributed by atoms with E-state index in [-0.39, 0.29) is 6.61 Å². The Bertz CT molecular complexity index is 484. The lowest BCUT2D eigenvalue weighted by Gasteiger charge is -2.29. The molecule has 108 valence electrons. The summed E-state index contributed by atoms with van der Waals surface area (Å²) in [6.45, 7) is 3.57. The Labute approximate surface area is 115 Å². The van der Waals surface area contributed by atoms with Gasteiger partial charge in [0.15, 0.2) is 0 Å². The van der Waals surface area contributed by atoms with Gasteiger partial charge in [0.2, 0.25) is 0 Å². The van der Waals surface area contributed by atoms with Gasteiger partial charge in [0.25, 0.3) is 10.2 Å². The third-order valence-electron chi connectivity index (χ3n) is 3.16. The molecule has 0 spiro atoms. The van der Waals surface area contributed by atoms with Crippen molar-refractivity contribution in [2.24, 2.45) is 0 Å². The van der Waals surface area contributed by atoms with E-state index in [0.29, 0.717) is 13.0 Å². The monoisotopic (exact) mass is 286 g/mol. The van der Waals surface area contributed by atoms with E-state index >= 15 is 0 Å². The molecule has 1 atom stereocenters. The fourth-order valence-electron chi connectivity index (χ4n) is 1.53. The predicted octanol–water partition coefficient (Wildman–Crippen LogP) is 1.11. The van der Waals surface area contributed by atoms with E-state index in [1.165, 1.54) is 11.4 Å². The largest absolute Gasteiger partial charge is 0.394 e. The van der Waals surface area contributed by atoms with Gasteiger partial charge in [-0.05, 0) is 18.9 Å². The molecule has 2 N–H and O–H groups in total. The summed E-state index contributed by atoms with van der Waals surface area (Å²) in [5, 5.41) is 9.27. The highest BCUT2D eigenvalue weighted by Gasteiger charge is 2.29. The third kappa shape index (κ3) is 4.58. The summed E-state index contributed by atoms with van der Waals surface area (Å²) in [5.41, 5.74) is 0.0848. The average Bonchev–Trinajstić information content (AvgIpc) is 2.39. The third-order valence-corrected chi connectivity index (χ3v) is 4.86. The van der Waals surface area contributed by atoms with Crippen LogP contribution >= 0.6 is 0 Å². The van der Waals surface area contributed by atoms with E-state index < -0.39 is 15.7 Å². The fourth-order valence-corrected chi connectivity index (χ4v) is 2.84. The summed E-state index contributed by atoms with van der Waals surface area (Å²) in [5.74, 6) is 0. The molecule has 0 bridgehead atoms. The van der Waals surface area contributed by atoms with Crippen LogP contribution in [0.5, 0.6) is 0 Å². The van der Waals surface area contributed by atoms with Crippen molar-refractivity contribution in [1.82, 2.24) is 9.03 Å². The molecule has 1 unspecified atom stereocenters. The van der Waals surface area contributed by atoms with Crippen molar-refractivity contribution in [3.63, 3.8) is 0 Å². The Kier molecular flexibility index (Phi) is 5.49. The Morgan fingerprint density at radius 1 is 1.32 bits per heavy atom. The topological polar surface area (TPSA) is 69.6 Å². The van der Waals surface area contributed by atoms with Gasteiger partial charge in [-0.2, -0.15) is 17.4 Å². The van der Waals surface area contributed by atoms with Crippen LogP contribution in [0, 0.1) is 0 Å². The lowest BCUT2D eigenvalue weighted by Crippen LogP contribution is -2.52. The SMILES string of the molecule is CCC(C)(CO)NS(=O)(=O)N(C)Cc1ccccc1. The summed E-state index contributed by atoms with van der Waals surface area (Å²) in [6.07, 6.45) is 0.516. The first kappa shape index (κ1) is 16.1. The molecular formula is C13H22N2O3S. The van der Waals surface area contributed by atoms with Gasteiger partial charge in [-0.15, -0.1) is 0 Å². The molecular weight excluding hydrogens is 264 g/mol. The molecule has 0 saturated carbocycles. The van der Waals surface area contributed by atoms with E-state index in [1.807, 2.05) is 37.3 Å². The zero-order chi connectivity index (χ0) is 14.5. The van der Waals surface area contributed by atoms with Gasteiger partial charge in [0, 0.05) is 13.6 Å². The maximum atomic E-state index is 12.2. The smallest absolute Gasteiger partial charge is 0.280 e. The zero-order valence-corrected chi connectivity index (χ0v) is 12.4. The molecule has 0 aliphatic rings. The van der Waals surface area contributed by atoms with E-state index in [0.717, 1.165) is 5.56 Å². The van der Waals surface area contributed by atoms with E-state index in [2.05, 4.69) is 4.72 Å². The first-order valence-electron chi connectivity index (χ1n) is 6.23. The van der Waals surface area contributed by atoms with Gasteiger partial charge in [0.1, 0.15) is 0 Å². The van der Waals surface area contributed by atoms with Gasteiger partial charge in [-0.25, -0.2) is 0 Å². The van der Waals surface area contributed by atoms with Crippen LogP contribution in [0.4, 0.5) is 0 Å². The predicted molar refractivity (Wildman–Crippen MR) is 75.7 cm³/mol. The maximum Gasteiger partial charge on any atom is 0.280 e. The Morgan fingerprint density at radius 3 is 2.37 bits per heavy atom. The van der Waals surface area contributed by atoms with Crippen LogP contribution < -0.4 is 4.72 Å². The minimum absolute atomic E-state index is 0.234. The molecule has 0 aromatic heterocycles. The second kappa shape index (κ2) is 6.47. The zero-order valence-electron chi connectivity index (χ0n) is 11.6. The van der Waals surface area contributed by atoms with E-state index in [1.54, 1.807) is 6.92 Å². The molecule has 0 aliphatic heterocycles. The van der Waals surface area contributed by atoms with Gasteiger partial charge >= 0.3 is 0 Å². The number of aliphatic hydroxyl groups excluding tert-OH is 1. The first-order valence-corrected chi connectivity index (χ1v) is 7.67. The second-order valence-electron chi connectivity index (χ2n) is 4.92. The Morgan fingerprint density at radius 2 is 1.89 bits per heavy atom.